The summed E-state index contributed by atoms with van der Waals surface area (Å²) < 4.78 is 7.39. The zero-order valence-electron chi connectivity index (χ0n) is 11.4. The van der Waals surface area contributed by atoms with Crippen LogP contribution >= 0.6 is 22.6 Å². The van der Waals surface area contributed by atoms with Crippen LogP contribution in [0.3, 0.4) is 0 Å². The van der Waals surface area contributed by atoms with Crippen molar-refractivity contribution >= 4 is 22.6 Å². The van der Waals surface area contributed by atoms with Crippen molar-refractivity contribution in [3.8, 4) is 11.6 Å². The Morgan fingerprint density at radius 3 is 2.86 bits per heavy atom. The number of rotatable bonds is 4. The normalized spacial score (nSPS) is 10.6. The lowest BCUT2D eigenvalue weighted by molar-refractivity contribution is 0.300. The number of ether oxygens (including phenoxy) is 1. The van der Waals surface area contributed by atoms with Crippen LogP contribution in [0.5, 0.6) is 5.75 Å². The van der Waals surface area contributed by atoms with Crippen LogP contribution in [0, 0.1) is 10.6 Å². The van der Waals surface area contributed by atoms with E-state index in [1.807, 2.05) is 53.8 Å². The lowest BCUT2D eigenvalue weighted by atomic mass is 10.2. The number of nitrogens with zero attached hydrogens (tertiary/aromatic N) is 6. The predicted octanol–water partition coefficient (Wildman–Crippen LogP) is 0.633. The Hall–Kier alpha value is -2.37. The largest absolute Gasteiger partial charge is 0.488 e. The van der Waals surface area contributed by atoms with Crippen molar-refractivity contribution in [3.05, 3.63) is 49.6 Å². The second-order valence-electron chi connectivity index (χ2n) is 4.35. The molecular weight excluding hydrogens is 401 g/mol. The zero-order chi connectivity index (χ0) is 15.5. The van der Waals surface area contributed by atoms with Gasteiger partial charge >= 0.3 is 5.69 Å². The highest BCUT2D eigenvalue weighted by atomic mass is 127. The van der Waals surface area contributed by atoms with Gasteiger partial charge in [-0.2, -0.15) is 0 Å². The molecule has 0 radical (unpaired) electrons. The van der Waals surface area contributed by atoms with E-state index >= 15 is 0 Å². The summed E-state index contributed by atoms with van der Waals surface area (Å²) in [6.07, 6.45) is 0. The highest BCUT2D eigenvalue weighted by Crippen LogP contribution is 2.20. The van der Waals surface area contributed by atoms with Crippen molar-refractivity contribution in [1.82, 2.24) is 35.6 Å². The first-order chi connectivity index (χ1) is 10.7. The Kier molecular flexibility index (Phi) is 4.09. The number of hydrogen-bond donors (Lipinski definition) is 1. The van der Waals surface area contributed by atoms with Crippen LogP contribution in [0.15, 0.2) is 29.1 Å². The van der Waals surface area contributed by atoms with Gasteiger partial charge in [-0.15, -0.1) is 14.9 Å². The number of nitrogens with one attached hydrogen (secondary N) is 1. The average molecular weight is 411 g/mol. The Morgan fingerprint density at radius 1 is 1.32 bits per heavy atom. The SMILES string of the molecule is Cc1ccccc1OCc1c(I)nnnc1-n1nn[nH]c1=O. The molecule has 0 spiro atoms. The number of hydrogen-bond acceptors (Lipinski definition) is 7. The molecule has 0 atom stereocenters. The minimum atomic E-state index is -0.506. The molecule has 3 rings (SSSR count). The first-order valence-electron chi connectivity index (χ1n) is 6.23. The first kappa shape index (κ1) is 14.6. The molecule has 2 heterocycles. The van der Waals surface area contributed by atoms with Crippen molar-refractivity contribution < 1.29 is 4.74 Å². The Bertz CT molecular complexity index is 860. The lowest BCUT2D eigenvalue weighted by Crippen LogP contribution is -2.21. The van der Waals surface area contributed by atoms with E-state index in [-0.39, 0.29) is 12.4 Å². The quantitative estimate of drug-likeness (QED) is 0.627. The summed E-state index contributed by atoms with van der Waals surface area (Å²) >= 11 is 2.01. The Morgan fingerprint density at radius 2 is 2.14 bits per heavy atom. The fraction of sp³-hybridized carbons (Fsp3) is 0.167. The van der Waals surface area contributed by atoms with Gasteiger partial charge in [0.15, 0.2) is 5.82 Å². The van der Waals surface area contributed by atoms with E-state index in [9.17, 15) is 4.79 Å². The minimum Gasteiger partial charge on any atom is -0.488 e. The molecule has 22 heavy (non-hydrogen) atoms. The van der Waals surface area contributed by atoms with E-state index in [1.165, 1.54) is 0 Å². The third-order valence-corrected chi connectivity index (χ3v) is 3.80. The Labute approximate surface area is 137 Å². The number of aromatic amines is 1. The van der Waals surface area contributed by atoms with E-state index in [0.717, 1.165) is 16.0 Å². The summed E-state index contributed by atoms with van der Waals surface area (Å²) in [7, 11) is 0. The highest BCUT2D eigenvalue weighted by molar-refractivity contribution is 14.1. The van der Waals surface area contributed by atoms with Gasteiger partial charge in [0.2, 0.25) is 0 Å². The summed E-state index contributed by atoms with van der Waals surface area (Å²) in [4.78, 5) is 11.7. The molecule has 0 fully saturated rings. The molecule has 0 amide bonds. The molecule has 0 aliphatic heterocycles. The molecule has 0 bridgehead atoms. The number of halogens is 1. The molecule has 3 aromatic rings. The van der Waals surface area contributed by atoms with Crippen LogP contribution in [0.4, 0.5) is 0 Å². The fourth-order valence-corrected chi connectivity index (χ4v) is 2.31. The van der Waals surface area contributed by atoms with Gasteiger partial charge in [-0.25, -0.2) is 9.89 Å². The van der Waals surface area contributed by atoms with Crippen molar-refractivity contribution in [3.63, 3.8) is 0 Å². The van der Waals surface area contributed by atoms with Crippen LogP contribution in [0.1, 0.15) is 11.1 Å². The smallest absolute Gasteiger partial charge is 0.367 e. The van der Waals surface area contributed by atoms with E-state index in [4.69, 9.17) is 4.74 Å². The maximum absolute atomic E-state index is 11.7. The van der Waals surface area contributed by atoms with Gasteiger partial charge in [0.05, 0.1) is 5.56 Å². The second kappa shape index (κ2) is 6.17. The van der Waals surface area contributed by atoms with Gasteiger partial charge in [0, 0.05) is 0 Å². The highest BCUT2D eigenvalue weighted by Gasteiger charge is 2.17. The van der Waals surface area contributed by atoms with Crippen molar-refractivity contribution in [2.24, 2.45) is 0 Å². The van der Waals surface area contributed by atoms with E-state index in [0.29, 0.717) is 9.26 Å². The van der Waals surface area contributed by atoms with Crippen LogP contribution in [0.2, 0.25) is 0 Å². The molecule has 1 aromatic carbocycles. The molecule has 0 unspecified atom stereocenters. The molecule has 9 nitrogen and oxygen atoms in total. The van der Waals surface area contributed by atoms with E-state index in [1.54, 1.807) is 0 Å². The van der Waals surface area contributed by atoms with Gasteiger partial charge in [0.25, 0.3) is 0 Å². The van der Waals surface area contributed by atoms with Gasteiger partial charge in [-0.1, -0.05) is 18.2 Å². The molecular formula is C12H10IN7O2. The molecule has 112 valence electrons. The third kappa shape index (κ3) is 2.81. The second-order valence-corrected chi connectivity index (χ2v) is 5.38. The minimum absolute atomic E-state index is 0.181. The number of aromatic nitrogens is 7. The first-order valence-corrected chi connectivity index (χ1v) is 7.31. The molecule has 0 saturated carbocycles. The Balaban J connectivity index is 1.96. The number of benzene rings is 1. The maximum atomic E-state index is 11.7. The van der Waals surface area contributed by atoms with E-state index < -0.39 is 5.69 Å². The summed E-state index contributed by atoms with van der Waals surface area (Å²) in [6.45, 7) is 2.13. The zero-order valence-corrected chi connectivity index (χ0v) is 13.6. The fourth-order valence-electron chi connectivity index (χ4n) is 1.82. The lowest BCUT2D eigenvalue weighted by Gasteiger charge is -2.11. The van der Waals surface area contributed by atoms with Gasteiger partial charge in [-0.3, -0.25) is 0 Å². The monoisotopic (exact) mass is 411 g/mol. The summed E-state index contributed by atoms with van der Waals surface area (Å²) in [5.74, 6) is 0.986. The third-order valence-electron chi connectivity index (χ3n) is 2.93. The standard InChI is InChI=1S/C12H10IN7O2/c1-7-4-2-3-5-9(7)22-6-8-10(13)14-17-15-11(8)20-12(21)16-18-19-20/h2-5H,6H2,1H3,(H,16,19,21). The van der Waals surface area contributed by atoms with Gasteiger partial charge in [-0.05, 0) is 56.8 Å². The molecule has 0 aliphatic carbocycles. The predicted molar refractivity (Wildman–Crippen MR) is 83.6 cm³/mol. The van der Waals surface area contributed by atoms with Crippen LogP contribution in [0.25, 0.3) is 5.82 Å². The summed E-state index contributed by atoms with van der Waals surface area (Å²) in [5, 5.41) is 20.7. The molecule has 10 heteroatoms. The number of para-hydroxylation sites is 1. The van der Waals surface area contributed by atoms with Crippen molar-refractivity contribution in [1.29, 1.82) is 0 Å². The topological polar surface area (TPSA) is 111 Å². The number of tetrazole rings is 1. The van der Waals surface area contributed by atoms with E-state index in [2.05, 4.69) is 30.9 Å². The molecule has 0 saturated heterocycles. The van der Waals surface area contributed by atoms with Gasteiger partial charge < -0.3 is 4.74 Å². The van der Waals surface area contributed by atoms with Gasteiger partial charge in [0.1, 0.15) is 16.1 Å². The van der Waals surface area contributed by atoms with Crippen LogP contribution < -0.4 is 10.4 Å². The maximum Gasteiger partial charge on any atom is 0.367 e. The van der Waals surface area contributed by atoms with Crippen LogP contribution in [-0.2, 0) is 6.61 Å². The molecule has 2 aromatic heterocycles. The summed E-state index contributed by atoms with van der Waals surface area (Å²) in [5.41, 5.74) is 1.11. The number of aryl methyl sites for hydroxylation is 1. The van der Waals surface area contributed by atoms with Crippen molar-refractivity contribution in [2.75, 3.05) is 0 Å². The molecule has 1 N–H and O–H groups in total. The van der Waals surface area contributed by atoms with Crippen molar-refractivity contribution in [2.45, 2.75) is 13.5 Å². The average Bonchev–Trinajstić information content (AvgIpc) is 2.93. The van der Waals surface area contributed by atoms with Crippen LogP contribution in [-0.4, -0.2) is 35.6 Å². The summed E-state index contributed by atoms with van der Waals surface area (Å²) in [6, 6.07) is 7.64. The molecule has 0 aliphatic rings. The number of H-pyrrole nitrogens is 1.